The van der Waals surface area contributed by atoms with Crippen LogP contribution in [0.1, 0.15) is 11.4 Å². The largest absolute Gasteiger partial charge is 0.356 e. The van der Waals surface area contributed by atoms with Gasteiger partial charge in [0.1, 0.15) is 12.1 Å². The molecule has 3 heterocycles. The standard InChI is InChI=1S/C14H17N5O/c1-10-3-4-14(20)19(17-10)8-12-6-18(7-12)13-5-11(2)15-9-16-13/h3-5,9,12H,6-8H2,1-2H3. The number of aryl methyl sites for hydroxylation is 2. The highest BCUT2D eigenvalue weighted by atomic mass is 16.1. The summed E-state index contributed by atoms with van der Waals surface area (Å²) in [6.45, 7) is 6.32. The van der Waals surface area contributed by atoms with Crippen LogP contribution in [0.25, 0.3) is 0 Å². The number of hydrogen-bond acceptors (Lipinski definition) is 5. The monoisotopic (exact) mass is 271 g/mol. The van der Waals surface area contributed by atoms with Crippen LogP contribution in [0.4, 0.5) is 5.82 Å². The first-order chi connectivity index (χ1) is 9.61. The maximum Gasteiger partial charge on any atom is 0.266 e. The highest BCUT2D eigenvalue weighted by molar-refractivity contribution is 5.41. The molecule has 2 aromatic rings. The molecule has 1 aliphatic heterocycles. The lowest BCUT2D eigenvalue weighted by Crippen LogP contribution is -2.50. The average Bonchev–Trinajstić information content (AvgIpc) is 2.37. The predicted molar refractivity (Wildman–Crippen MR) is 75.7 cm³/mol. The summed E-state index contributed by atoms with van der Waals surface area (Å²) in [6.07, 6.45) is 1.59. The van der Waals surface area contributed by atoms with Crippen molar-refractivity contribution in [3.8, 4) is 0 Å². The van der Waals surface area contributed by atoms with E-state index >= 15 is 0 Å². The van der Waals surface area contributed by atoms with Gasteiger partial charge in [-0.2, -0.15) is 5.10 Å². The van der Waals surface area contributed by atoms with Crippen LogP contribution in [-0.2, 0) is 6.54 Å². The zero-order chi connectivity index (χ0) is 14.1. The predicted octanol–water partition coefficient (Wildman–Crippen LogP) is 0.787. The molecule has 0 spiro atoms. The summed E-state index contributed by atoms with van der Waals surface area (Å²) in [5, 5.41) is 4.27. The Morgan fingerprint density at radius 1 is 1.20 bits per heavy atom. The first kappa shape index (κ1) is 12.8. The summed E-state index contributed by atoms with van der Waals surface area (Å²) < 4.78 is 1.56. The fraction of sp³-hybridized carbons (Fsp3) is 0.429. The first-order valence-electron chi connectivity index (χ1n) is 6.70. The molecule has 2 aromatic heterocycles. The number of hydrogen-bond donors (Lipinski definition) is 0. The molecule has 1 saturated heterocycles. The van der Waals surface area contributed by atoms with Crippen molar-refractivity contribution in [2.75, 3.05) is 18.0 Å². The fourth-order valence-corrected chi connectivity index (χ4v) is 2.41. The number of nitrogens with zero attached hydrogens (tertiary/aromatic N) is 5. The molecule has 0 aromatic carbocycles. The van der Waals surface area contributed by atoms with Gasteiger partial charge in [-0.1, -0.05) is 0 Å². The molecule has 0 saturated carbocycles. The molecule has 1 fully saturated rings. The quantitative estimate of drug-likeness (QED) is 0.825. The molecule has 3 rings (SSSR count). The van der Waals surface area contributed by atoms with Gasteiger partial charge in [0.15, 0.2) is 0 Å². The van der Waals surface area contributed by atoms with E-state index in [1.54, 1.807) is 23.1 Å². The topological polar surface area (TPSA) is 63.9 Å². The molecule has 0 unspecified atom stereocenters. The Hall–Kier alpha value is -2.24. The maximum absolute atomic E-state index is 11.7. The molecular weight excluding hydrogens is 254 g/mol. The highest BCUT2D eigenvalue weighted by Crippen LogP contribution is 2.23. The van der Waals surface area contributed by atoms with Gasteiger partial charge in [0.05, 0.1) is 12.2 Å². The molecule has 0 radical (unpaired) electrons. The molecule has 0 aliphatic carbocycles. The minimum absolute atomic E-state index is 0.0352. The Bertz CT molecular complexity index is 675. The van der Waals surface area contributed by atoms with Gasteiger partial charge in [0.2, 0.25) is 0 Å². The van der Waals surface area contributed by atoms with E-state index < -0.39 is 0 Å². The molecule has 20 heavy (non-hydrogen) atoms. The highest BCUT2D eigenvalue weighted by Gasteiger charge is 2.28. The minimum atomic E-state index is -0.0352. The van der Waals surface area contributed by atoms with Crippen LogP contribution >= 0.6 is 0 Å². The smallest absolute Gasteiger partial charge is 0.266 e. The van der Waals surface area contributed by atoms with Gasteiger partial charge in [0, 0.05) is 36.8 Å². The van der Waals surface area contributed by atoms with E-state index in [0.717, 1.165) is 30.3 Å². The lowest BCUT2D eigenvalue weighted by atomic mass is 10.0. The zero-order valence-corrected chi connectivity index (χ0v) is 11.7. The molecular formula is C14H17N5O. The Labute approximate surface area is 117 Å². The van der Waals surface area contributed by atoms with Crippen LogP contribution in [0.3, 0.4) is 0 Å². The van der Waals surface area contributed by atoms with Crippen molar-refractivity contribution in [3.05, 3.63) is 46.3 Å². The Morgan fingerprint density at radius 3 is 2.75 bits per heavy atom. The van der Waals surface area contributed by atoms with Crippen LogP contribution < -0.4 is 10.5 Å². The van der Waals surface area contributed by atoms with Gasteiger partial charge in [-0.05, 0) is 19.9 Å². The second kappa shape index (κ2) is 5.03. The van der Waals surface area contributed by atoms with Crippen LogP contribution in [0.2, 0.25) is 0 Å². The van der Waals surface area contributed by atoms with E-state index in [1.807, 2.05) is 19.9 Å². The van der Waals surface area contributed by atoms with E-state index in [2.05, 4.69) is 20.0 Å². The SMILES string of the molecule is Cc1cc(N2CC(Cn3nc(C)ccc3=O)C2)ncn1. The van der Waals surface area contributed by atoms with Crippen LogP contribution in [0.5, 0.6) is 0 Å². The van der Waals surface area contributed by atoms with Crippen LogP contribution in [0.15, 0.2) is 29.3 Å². The van der Waals surface area contributed by atoms with E-state index in [9.17, 15) is 4.79 Å². The van der Waals surface area contributed by atoms with Gasteiger partial charge < -0.3 is 4.90 Å². The second-order valence-electron chi connectivity index (χ2n) is 5.28. The fourth-order valence-electron chi connectivity index (χ4n) is 2.41. The molecule has 0 amide bonds. The van der Waals surface area contributed by atoms with Crippen molar-refractivity contribution >= 4 is 5.82 Å². The summed E-state index contributed by atoms with van der Waals surface area (Å²) in [5.41, 5.74) is 1.80. The van der Waals surface area contributed by atoms with Crippen LogP contribution in [-0.4, -0.2) is 32.8 Å². The maximum atomic E-state index is 11.7. The van der Waals surface area contributed by atoms with Crippen molar-refractivity contribution in [1.82, 2.24) is 19.7 Å². The lowest BCUT2D eigenvalue weighted by molar-refractivity contribution is 0.331. The summed E-state index contributed by atoms with van der Waals surface area (Å²) >= 11 is 0. The van der Waals surface area contributed by atoms with Gasteiger partial charge in [0.25, 0.3) is 5.56 Å². The van der Waals surface area contributed by atoms with Gasteiger partial charge >= 0.3 is 0 Å². The lowest BCUT2D eigenvalue weighted by Gasteiger charge is -2.40. The molecule has 0 atom stereocenters. The summed E-state index contributed by atoms with van der Waals surface area (Å²) in [4.78, 5) is 22.3. The van der Waals surface area contributed by atoms with Crippen molar-refractivity contribution in [1.29, 1.82) is 0 Å². The molecule has 0 N–H and O–H groups in total. The summed E-state index contributed by atoms with van der Waals surface area (Å²) in [5.74, 6) is 1.40. The minimum Gasteiger partial charge on any atom is -0.356 e. The number of aromatic nitrogens is 4. The third-order valence-electron chi connectivity index (χ3n) is 3.50. The number of anilines is 1. The normalized spacial score (nSPS) is 15.2. The van der Waals surface area contributed by atoms with Gasteiger partial charge in [-0.3, -0.25) is 4.79 Å². The van der Waals surface area contributed by atoms with Gasteiger partial charge in [-0.25, -0.2) is 14.6 Å². The zero-order valence-electron chi connectivity index (χ0n) is 11.7. The molecule has 6 heteroatoms. The third-order valence-corrected chi connectivity index (χ3v) is 3.50. The van der Waals surface area contributed by atoms with E-state index in [4.69, 9.17) is 0 Å². The average molecular weight is 271 g/mol. The summed E-state index contributed by atoms with van der Waals surface area (Å²) in [7, 11) is 0. The van der Waals surface area contributed by atoms with E-state index in [-0.39, 0.29) is 5.56 Å². The van der Waals surface area contributed by atoms with Gasteiger partial charge in [-0.15, -0.1) is 0 Å². The van der Waals surface area contributed by atoms with Crippen molar-refractivity contribution < 1.29 is 0 Å². The van der Waals surface area contributed by atoms with Crippen LogP contribution in [0, 0.1) is 19.8 Å². The number of rotatable bonds is 3. The van der Waals surface area contributed by atoms with E-state index in [1.165, 1.54) is 0 Å². The van der Waals surface area contributed by atoms with E-state index in [0.29, 0.717) is 12.5 Å². The molecule has 0 bridgehead atoms. The molecule has 104 valence electrons. The van der Waals surface area contributed by atoms with Crippen molar-refractivity contribution in [2.24, 2.45) is 5.92 Å². The summed E-state index contributed by atoms with van der Waals surface area (Å²) in [6, 6.07) is 5.30. The first-order valence-corrected chi connectivity index (χ1v) is 6.70. The molecule has 1 aliphatic rings. The molecule has 6 nitrogen and oxygen atoms in total. The Balaban J connectivity index is 1.64. The van der Waals surface area contributed by atoms with Crippen molar-refractivity contribution in [3.63, 3.8) is 0 Å². The third kappa shape index (κ3) is 2.54. The van der Waals surface area contributed by atoms with Crippen molar-refractivity contribution in [2.45, 2.75) is 20.4 Å². The Kier molecular flexibility index (Phi) is 3.22. The Morgan fingerprint density at radius 2 is 2.00 bits per heavy atom. The second-order valence-corrected chi connectivity index (χ2v) is 5.28.